The van der Waals surface area contributed by atoms with Crippen LogP contribution in [0.2, 0.25) is 0 Å². The first kappa shape index (κ1) is 18.6. The number of carbonyl (C=O) groups is 1. The topological polar surface area (TPSA) is 115 Å². The molecular formula is C12H25N3O5. The van der Waals surface area contributed by atoms with Crippen molar-refractivity contribution in [2.24, 2.45) is 16.4 Å². The van der Waals surface area contributed by atoms with E-state index in [1.165, 1.54) is 0 Å². The van der Waals surface area contributed by atoms with Gasteiger partial charge >= 0.3 is 5.97 Å². The molecule has 1 saturated heterocycles. The van der Waals surface area contributed by atoms with E-state index in [0.29, 0.717) is 0 Å². The van der Waals surface area contributed by atoms with Gasteiger partial charge in [0, 0.05) is 11.8 Å². The van der Waals surface area contributed by atoms with Crippen molar-refractivity contribution in [1.82, 2.24) is 5.01 Å². The van der Waals surface area contributed by atoms with E-state index in [9.17, 15) is 4.79 Å². The molecule has 0 aromatic rings. The summed E-state index contributed by atoms with van der Waals surface area (Å²) >= 11 is 0. The van der Waals surface area contributed by atoms with Crippen LogP contribution in [0.4, 0.5) is 0 Å². The second kappa shape index (κ2) is 10.4. The summed E-state index contributed by atoms with van der Waals surface area (Å²) < 4.78 is 4.92. The minimum atomic E-state index is -0.269. The summed E-state index contributed by atoms with van der Waals surface area (Å²) in [5.74, 6) is -0.354. The monoisotopic (exact) mass is 291 g/mol. The Morgan fingerprint density at radius 3 is 2.75 bits per heavy atom. The second-order valence-electron chi connectivity index (χ2n) is 4.54. The van der Waals surface area contributed by atoms with Gasteiger partial charge in [-0.15, -0.1) is 0 Å². The summed E-state index contributed by atoms with van der Waals surface area (Å²) in [6.07, 6.45) is 3.39. The fraction of sp³-hybridized carbons (Fsp3) is 0.917. The summed E-state index contributed by atoms with van der Waals surface area (Å²) in [5.41, 5.74) is 0. The molecule has 1 aliphatic heterocycles. The van der Waals surface area contributed by atoms with E-state index in [4.69, 9.17) is 14.7 Å². The summed E-state index contributed by atoms with van der Waals surface area (Å²) in [5, 5.41) is 18.1. The number of carbonyl (C=O) groups excluding carboxylic acids is 1. The van der Waals surface area contributed by atoms with Crippen molar-refractivity contribution in [3.63, 3.8) is 0 Å². The second-order valence-corrected chi connectivity index (χ2v) is 4.54. The van der Waals surface area contributed by atoms with Gasteiger partial charge in [-0.3, -0.25) is 9.80 Å². The van der Waals surface area contributed by atoms with Crippen LogP contribution in [0.3, 0.4) is 0 Å². The third-order valence-corrected chi connectivity index (χ3v) is 3.34. The summed E-state index contributed by atoms with van der Waals surface area (Å²) in [6, 6.07) is 0.0134. The number of aliphatic hydroxyl groups is 1. The van der Waals surface area contributed by atoms with Gasteiger partial charge in [-0.1, -0.05) is 13.8 Å². The zero-order chi connectivity index (χ0) is 14.1. The van der Waals surface area contributed by atoms with Crippen molar-refractivity contribution < 1.29 is 25.0 Å². The highest BCUT2D eigenvalue weighted by atomic mass is 16.8. The average molecular weight is 291 g/mol. The Kier molecular flexibility index (Phi) is 9.65. The molecule has 1 aliphatic rings. The molecule has 0 aromatic heterocycles. The van der Waals surface area contributed by atoms with Crippen LogP contribution in [0, 0.1) is 5.92 Å². The van der Waals surface area contributed by atoms with Crippen LogP contribution < -0.4 is 0 Å². The van der Waals surface area contributed by atoms with Gasteiger partial charge in [0.2, 0.25) is 0 Å². The third kappa shape index (κ3) is 5.70. The van der Waals surface area contributed by atoms with Crippen molar-refractivity contribution in [3.8, 4) is 0 Å². The summed E-state index contributed by atoms with van der Waals surface area (Å²) in [7, 11) is 0. The zero-order valence-corrected chi connectivity index (χ0v) is 12.1. The van der Waals surface area contributed by atoms with Gasteiger partial charge in [0.1, 0.15) is 0 Å². The van der Waals surface area contributed by atoms with E-state index >= 15 is 0 Å². The van der Waals surface area contributed by atoms with E-state index in [1.54, 1.807) is 5.01 Å². The van der Waals surface area contributed by atoms with Crippen molar-refractivity contribution in [1.29, 1.82) is 0 Å². The van der Waals surface area contributed by atoms with Crippen molar-refractivity contribution in [2.75, 3.05) is 19.9 Å². The lowest BCUT2D eigenvalue weighted by Gasteiger charge is -2.16. The maximum absolute atomic E-state index is 11.5. The number of hydrogen-bond acceptors (Lipinski definition) is 6. The molecule has 0 amide bonds. The minimum Gasteiger partial charge on any atom is -0.425 e. The predicted molar refractivity (Wildman–Crippen MR) is 71.4 cm³/mol. The van der Waals surface area contributed by atoms with Gasteiger partial charge < -0.3 is 20.2 Å². The van der Waals surface area contributed by atoms with Crippen LogP contribution in [0.25, 0.3) is 0 Å². The lowest BCUT2D eigenvalue weighted by molar-refractivity contribution is -0.162. The Bertz CT molecular complexity index is 297. The Labute approximate surface area is 119 Å². The van der Waals surface area contributed by atoms with E-state index in [2.05, 4.69) is 10.5 Å². The van der Waals surface area contributed by atoms with Crippen LogP contribution in [0.5, 0.6) is 0 Å². The number of nitrogens with zero attached hydrogens (tertiary/aromatic N) is 3. The number of rotatable bonds is 8. The normalized spacial score (nSPS) is 18.4. The fourth-order valence-electron chi connectivity index (χ4n) is 2.04. The van der Waals surface area contributed by atoms with Crippen LogP contribution in [0.1, 0.15) is 39.5 Å². The SMILES string of the molecule is CCC(CC)C(=O)OCO/N=N\N1CCCC1CO.O. The van der Waals surface area contributed by atoms with Gasteiger partial charge in [-0.05, 0) is 30.9 Å². The van der Waals surface area contributed by atoms with Crippen LogP contribution in [-0.4, -0.2) is 47.5 Å². The molecule has 1 fully saturated rings. The van der Waals surface area contributed by atoms with Gasteiger partial charge in [-0.2, -0.15) is 0 Å². The average Bonchev–Trinajstić information content (AvgIpc) is 2.87. The Hall–Kier alpha value is -1.41. The molecule has 0 aliphatic carbocycles. The molecule has 3 N–H and O–H groups in total. The summed E-state index contributed by atoms with van der Waals surface area (Å²) in [6.45, 7) is 4.47. The molecule has 1 unspecified atom stereocenters. The van der Waals surface area contributed by atoms with E-state index in [-0.39, 0.29) is 36.8 Å². The molecule has 118 valence electrons. The standard InChI is InChI=1S/C12H23N3O4.H2O/c1-3-10(4-2)12(17)18-9-19-14-13-15-7-5-6-11(15)8-16;/h10-11,16H,3-9H2,1-2H3;1H2/b14-13-;. The molecular weight excluding hydrogens is 266 g/mol. The first-order valence-corrected chi connectivity index (χ1v) is 6.79. The first-order valence-electron chi connectivity index (χ1n) is 6.79. The molecule has 0 radical (unpaired) electrons. The molecule has 0 spiro atoms. The zero-order valence-electron chi connectivity index (χ0n) is 12.1. The molecule has 8 heteroatoms. The maximum Gasteiger partial charge on any atom is 0.311 e. The molecule has 0 bridgehead atoms. The Morgan fingerprint density at radius 1 is 1.45 bits per heavy atom. The molecule has 1 heterocycles. The first-order chi connectivity index (χ1) is 9.22. The smallest absolute Gasteiger partial charge is 0.311 e. The summed E-state index contributed by atoms with van der Waals surface area (Å²) in [4.78, 5) is 16.3. The Balaban J connectivity index is 0.00000361. The van der Waals surface area contributed by atoms with Crippen molar-refractivity contribution >= 4 is 5.97 Å². The lowest BCUT2D eigenvalue weighted by Crippen LogP contribution is -2.27. The highest BCUT2D eigenvalue weighted by Crippen LogP contribution is 2.16. The number of esters is 1. The van der Waals surface area contributed by atoms with Gasteiger partial charge in [0.05, 0.1) is 18.6 Å². The van der Waals surface area contributed by atoms with Crippen LogP contribution in [-0.2, 0) is 14.4 Å². The molecule has 1 rings (SSSR count). The quantitative estimate of drug-likeness (QED) is 0.234. The van der Waals surface area contributed by atoms with Gasteiger partial charge in [0.25, 0.3) is 6.79 Å². The Morgan fingerprint density at radius 2 is 2.15 bits per heavy atom. The minimum absolute atomic E-state index is 0. The van der Waals surface area contributed by atoms with E-state index in [1.807, 2.05) is 13.8 Å². The molecule has 0 aromatic carbocycles. The van der Waals surface area contributed by atoms with Crippen molar-refractivity contribution in [3.05, 3.63) is 0 Å². The molecule has 20 heavy (non-hydrogen) atoms. The number of hydrogen-bond donors (Lipinski definition) is 1. The third-order valence-electron chi connectivity index (χ3n) is 3.34. The number of aliphatic hydroxyl groups excluding tert-OH is 1. The van der Waals surface area contributed by atoms with Gasteiger partial charge in [-0.25, -0.2) is 0 Å². The van der Waals surface area contributed by atoms with E-state index in [0.717, 1.165) is 32.2 Å². The maximum atomic E-state index is 11.5. The highest BCUT2D eigenvalue weighted by Gasteiger charge is 2.22. The molecule has 0 saturated carbocycles. The van der Waals surface area contributed by atoms with Gasteiger partial charge in [0.15, 0.2) is 0 Å². The largest absolute Gasteiger partial charge is 0.425 e. The van der Waals surface area contributed by atoms with Crippen LogP contribution in [0.15, 0.2) is 10.5 Å². The molecule has 1 atom stereocenters. The van der Waals surface area contributed by atoms with Crippen molar-refractivity contribution in [2.45, 2.75) is 45.6 Å². The lowest BCUT2D eigenvalue weighted by atomic mass is 10.0. The van der Waals surface area contributed by atoms with E-state index < -0.39 is 0 Å². The highest BCUT2D eigenvalue weighted by molar-refractivity contribution is 5.72. The fourth-order valence-corrected chi connectivity index (χ4v) is 2.04. The molecule has 8 nitrogen and oxygen atoms in total. The van der Waals surface area contributed by atoms with Crippen LogP contribution >= 0.6 is 0 Å². The predicted octanol–water partition coefficient (Wildman–Crippen LogP) is 0.854. The number of ether oxygens (including phenoxy) is 1.